The molecule has 2 unspecified atom stereocenters. The van der Waals surface area contributed by atoms with Crippen LogP contribution in [0.15, 0.2) is 59.9 Å². The summed E-state index contributed by atoms with van der Waals surface area (Å²) >= 11 is 0. The zero-order valence-corrected chi connectivity index (χ0v) is 15.5. The van der Waals surface area contributed by atoms with Crippen molar-refractivity contribution in [2.45, 2.75) is 25.4 Å². The Bertz CT molecular complexity index is 1050. The number of hydrogen-bond acceptors (Lipinski definition) is 4. The van der Waals surface area contributed by atoms with Gasteiger partial charge in [0.25, 0.3) is 5.56 Å². The summed E-state index contributed by atoms with van der Waals surface area (Å²) < 4.78 is 15.2. The first-order chi connectivity index (χ1) is 13.7. The van der Waals surface area contributed by atoms with Crippen molar-refractivity contribution in [2.24, 2.45) is 5.92 Å². The number of aromatic nitrogens is 3. The van der Waals surface area contributed by atoms with Gasteiger partial charge in [0.1, 0.15) is 12.1 Å². The van der Waals surface area contributed by atoms with E-state index in [0.29, 0.717) is 5.92 Å². The zero-order valence-electron chi connectivity index (χ0n) is 15.5. The SMILES string of the molecule is O=c1ccc(-c2cncnc2)c2n1CC1CC2CN(Cc2ccc(F)cc2)C1. The second-order valence-electron chi connectivity index (χ2n) is 7.83. The van der Waals surface area contributed by atoms with Crippen molar-refractivity contribution in [1.82, 2.24) is 19.4 Å². The summed E-state index contributed by atoms with van der Waals surface area (Å²) in [4.78, 5) is 23.3. The fourth-order valence-corrected chi connectivity index (χ4v) is 4.77. The zero-order chi connectivity index (χ0) is 19.1. The van der Waals surface area contributed by atoms with Crippen LogP contribution in [0, 0.1) is 11.7 Å². The molecule has 0 aliphatic carbocycles. The van der Waals surface area contributed by atoms with Crippen LogP contribution in [0.2, 0.25) is 0 Å². The third-order valence-corrected chi connectivity index (χ3v) is 5.86. The van der Waals surface area contributed by atoms with Gasteiger partial charge in [0.05, 0.1) is 0 Å². The van der Waals surface area contributed by atoms with Crippen LogP contribution in [0.4, 0.5) is 4.39 Å². The van der Waals surface area contributed by atoms with E-state index in [9.17, 15) is 9.18 Å². The van der Waals surface area contributed by atoms with Crippen LogP contribution in [0.25, 0.3) is 11.1 Å². The van der Waals surface area contributed by atoms with Crippen LogP contribution in [0.1, 0.15) is 23.6 Å². The molecule has 2 aliphatic heterocycles. The Kier molecular flexibility index (Phi) is 4.28. The predicted molar refractivity (Wildman–Crippen MR) is 104 cm³/mol. The van der Waals surface area contributed by atoms with E-state index in [4.69, 9.17) is 0 Å². The van der Waals surface area contributed by atoms with Gasteiger partial charge < -0.3 is 4.57 Å². The number of rotatable bonds is 3. The van der Waals surface area contributed by atoms with Crippen molar-refractivity contribution in [3.8, 4) is 11.1 Å². The van der Waals surface area contributed by atoms with Crippen LogP contribution in [0.3, 0.4) is 0 Å². The van der Waals surface area contributed by atoms with E-state index in [2.05, 4.69) is 14.9 Å². The Morgan fingerprint density at radius 3 is 2.57 bits per heavy atom. The van der Waals surface area contributed by atoms with Crippen LogP contribution in [0.5, 0.6) is 0 Å². The van der Waals surface area contributed by atoms with E-state index in [1.54, 1.807) is 18.5 Å². The van der Waals surface area contributed by atoms with Crippen molar-refractivity contribution in [3.05, 3.63) is 82.5 Å². The van der Waals surface area contributed by atoms with Gasteiger partial charge in [-0.05, 0) is 36.1 Å². The standard InChI is InChI=1S/C22H21FN4O/c23-19-3-1-15(2-4-19)10-26-11-16-7-17(13-26)22-20(18-8-24-14-25-9-18)5-6-21(28)27(22)12-16/h1-6,8-9,14,16-17H,7,10-13H2. The number of benzene rings is 1. The molecule has 1 fully saturated rings. The van der Waals surface area contributed by atoms with Crippen LogP contribution in [-0.4, -0.2) is 32.5 Å². The summed E-state index contributed by atoms with van der Waals surface area (Å²) in [5.74, 6) is 0.533. The molecule has 0 spiro atoms. The van der Waals surface area contributed by atoms with Crippen molar-refractivity contribution in [1.29, 1.82) is 0 Å². The van der Waals surface area contributed by atoms with E-state index >= 15 is 0 Å². The number of halogens is 1. The molecular weight excluding hydrogens is 355 g/mol. The number of piperidine rings is 1. The topological polar surface area (TPSA) is 51.0 Å². The molecule has 0 saturated carbocycles. The van der Waals surface area contributed by atoms with Crippen molar-refractivity contribution < 1.29 is 4.39 Å². The van der Waals surface area contributed by atoms with Gasteiger partial charge in [-0.1, -0.05) is 12.1 Å². The van der Waals surface area contributed by atoms with Crippen LogP contribution in [-0.2, 0) is 13.1 Å². The summed E-state index contributed by atoms with van der Waals surface area (Å²) in [5, 5.41) is 0. The summed E-state index contributed by atoms with van der Waals surface area (Å²) in [6.45, 7) is 3.39. The third-order valence-electron chi connectivity index (χ3n) is 5.86. The second-order valence-corrected chi connectivity index (χ2v) is 7.83. The molecule has 3 aromatic rings. The van der Waals surface area contributed by atoms with E-state index in [1.807, 2.05) is 22.8 Å². The van der Waals surface area contributed by atoms with E-state index in [-0.39, 0.29) is 17.3 Å². The molecule has 1 aromatic carbocycles. The van der Waals surface area contributed by atoms with Gasteiger partial charge in [0.15, 0.2) is 0 Å². The molecule has 4 heterocycles. The molecule has 0 amide bonds. The van der Waals surface area contributed by atoms with Gasteiger partial charge in [0.2, 0.25) is 0 Å². The lowest BCUT2D eigenvalue weighted by Crippen LogP contribution is -2.47. The van der Waals surface area contributed by atoms with Crippen molar-refractivity contribution in [2.75, 3.05) is 13.1 Å². The van der Waals surface area contributed by atoms with Gasteiger partial charge in [-0.15, -0.1) is 0 Å². The lowest BCUT2D eigenvalue weighted by molar-refractivity contribution is 0.114. The Balaban J connectivity index is 1.49. The summed E-state index contributed by atoms with van der Waals surface area (Å²) in [5.41, 5.74) is 4.27. The van der Waals surface area contributed by atoms with Crippen molar-refractivity contribution >= 4 is 0 Å². The molecule has 0 N–H and O–H groups in total. The maximum Gasteiger partial charge on any atom is 0.250 e. The number of fused-ring (bicyclic) bond motifs is 4. The maximum absolute atomic E-state index is 13.2. The minimum absolute atomic E-state index is 0.0669. The van der Waals surface area contributed by atoms with E-state index < -0.39 is 0 Å². The number of hydrogen-bond donors (Lipinski definition) is 0. The minimum Gasteiger partial charge on any atom is -0.311 e. The predicted octanol–water partition coefficient (Wildman–Crippen LogP) is 3.06. The largest absolute Gasteiger partial charge is 0.311 e. The maximum atomic E-state index is 13.2. The first kappa shape index (κ1) is 17.3. The Labute approximate surface area is 162 Å². The molecule has 5 rings (SSSR count). The summed E-state index contributed by atoms with van der Waals surface area (Å²) in [7, 11) is 0. The number of nitrogens with zero attached hydrogens (tertiary/aromatic N) is 4. The van der Waals surface area contributed by atoms with Gasteiger partial charge in [0, 0.05) is 67.4 Å². The third kappa shape index (κ3) is 3.14. The summed E-state index contributed by atoms with van der Waals surface area (Å²) in [6.07, 6.45) is 6.22. The van der Waals surface area contributed by atoms with Gasteiger partial charge >= 0.3 is 0 Å². The van der Waals surface area contributed by atoms with Crippen molar-refractivity contribution in [3.63, 3.8) is 0 Å². The van der Waals surface area contributed by atoms with Gasteiger partial charge in [-0.3, -0.25) is 9.69 Å². The Hall–Kier alpha value is -2.86. The molecule has 2 bridgehead atoms. The lowest BCUT2D eigenvalue weighted by atomic mass is 9.80. The fourth-order valence-electron chi connectivity index (χ4n) is 4.77. The first-order valence-corrected chi connectivity index (χ1v) is 9.63. The molecule has 142 valence electrons. The van der Waals surface area contributed by atoms with E-state index in [0.717, 1.165) is 55.0 Å². The minimum atomic E-state index is -0.206. The Morgan fingerprint density at radius 2 is 1.79 bits per heavy atom. The van der Waals surface area contributed by atoms with E-state index in [1.165, 1.54) is 18.5 Å². The smallest absolute Gasteiger partial charge is 0.250 e. The lowest BCUT2D eigenvalue weighted by Gasteiger charge is -2.43. The molecule has 28 heavy (non-hydrogen) atoms. The molecular formula is C22H21FN4O. The summed E-state index contributed by atoms with van der Waals surface area (Å²) in [6, 6.07) is 10.3. The molecule has 2 atom stereocenters. The molecule has 2 aromatic heterocycles. The first-order valence-electron chi connectivity index (χ1n) is 9.63. The highest BCUT2D eigenvalue weighted by molar-refractivity contribution is 5.65. The highest BCUT2D eigenvalue weighted by Gasteiger charge is 2.36. The highest BCUT2D eigenvalue weighted by atomic mass is 19.1. The van der Waals surface area contributed by atoms with Crippen LogP contribution < -0.4 is 5.56 Å². The normalized spacial score (nSPS) is 21.3. The molecule has 1 saturated heterocycles. The molecule has 2 aliphatic rings. The Morgan fingerprint density at radius 1 is 1.00 bits per heavy atom. The highest BCUT2D eigenvalue weighted by Crippen LogP contribution is 2.39. The average Bonchev–Trinajstić information content (AvgIpc) is 2.71. The molecule has 6 heteroatoms. The second kappa shape index (κ2) is 6.95. The average molecular weight is 376 g/mol. The van der Waals surface area contributed by atoms with Gasteiger partial charge in [-0.25, -0.2) is 14.4 Å². The monoisotopic (exact) mass is 376 g/mol. The molecule has 5 nitrogen and oxygen atoms in total. The molecule has 0 radical (unpaired) electrons. The number of pyridine rings is 1. The number of likely N-dealkylation sites (tertiary alicyclic amines) is 1. The quantitative estimate of drug-likeness (QED) is 0.705. The van der Waals surface area contributed by atoms with Gasteiger partial charge in [-0.2, -0.15) is 0 Å². The fraction of sp³-hybridized carbons (Fsp3) is 0.318. The van der Waals surface area contributed by atoms with Crippen LogP contribution >= 0.6 is 0 Å².